The second-order valence-corrected chi connectivity index (χ2v) is 5.09. The van der Waals surface area contributed by atoms with E-state index in [0.29, 0.717) is 17.5 Å². The van der Waals surface area contributed by atoms with E-state index in [1.54, 1.807) is 12.1 Å². The molecule has 0 heterocycles. The van der Waals surface area contributed by atoms with Crippen molar-refractivity contribution in [3.8, 4) is 0 Å². The molecular weight excluding hydrogens is 220 g/mol. The summed E-state index contributed by atoms with van der Waals surface area (Å²) in [7, 11) is 0. The summed E-state index contributed by atoms with van der Waals surface area (Å²) in [4.78, 5) is 0. The molecule has 3 heteroatoms. The van der Waals surface area contributed by atoms with E-state index >= 15 is 0 Å². The summed E-state index contributed by atoms with van der Waals surface area (Å²) in [6.45, 7) is 4.89. The Morgan fingerprint density at radius 2 is 2.00 bits per heavy atom. The van der Waals surface area contributed by atoms with Gasteiger partial charge in [-0.3, -0.25) is 0 Å². The highest BCUT2D eigenvalue weighted by molar-refractivity contribution is 5.23. The molecule has 1 aromatic rings. The largest absolute Gasteiger partial charge is 0.314 e. The molecule has 1 fully saturated rings. The Morgan fingerprint density at radius 1 is 1.29 bits per heavy atom. The second kappa shape index (κ2) is 5.13. The molecule has 2 unspecified atom stereocenters. The van der Waals surface area contributed by atoms with Crippen LogP contribution in [0.1, 0.15) is 38.2 Å². The Bertz CT molecular complexity index is 388. The summed E-state index contributed by atoms with van der Waals surface area (Å²) >= 11 is 0. The molecule has 1 saturated carbocycles. The second-order valence-electron chi connectivity index (χ2n) is 5.09. The van der Waals surface area contributed by atoms with Crippen molar-refractivity contribution in [1.29, 1.82) is 0 Å². The van der Waals surface area contributed by atoms with E-state index in [0.717, 1.165) is 6.54 Å². The lowest BCUT2D eigenvalue weighted by molar-refractivity contribution is 0.421. The molecule has 1 aliphatic carbocycles. The van der Waals surface area contributed by atoms with E-state index in [1.165, 1.54) is 18.9 Å². The van der Waals surface area contributed by atoms with Gasteiger partial charge >= 0.3 is 0 Å². The zero-order valence-corrected chi connectivity index (χ0v) is 10.3. The Morgan fingerprint density at radius 3 is 2.65 bits per heavy atom. The van der Waals surface area contributed by atoms with Crippen LogP contribution < -0.4 is 5.32 Å². The van der Waals surface area contributed by atoms with Crippen molar-refractivity contribution in [2.24, 2.45) is 5.92 Å². The maximum absolute atomic E-state index is 13.6. The number of benzene rings is 1. The number of hydrogen-bond donors (Lipinski definition) is 1. The van der Waals surface area contributed by atoms with Gasteiger partial charge in [0.25, 0.3) is 0 Å². The Balaban J connectivity index is 2.01. The number of halogens is 2. The van der Waals surface area contributed by atoms with Gasteiger partial charge in [-0.05, 0) is 42.9 Å². The molecule has 1 nitrogen and oxygen atoms in total. The van der Waals surface area contributed by atoms with Gasteiger partial charge in [-0.15, -0.1) is 0 Å². The third kappa shape index (κ3) is 3.03. The first-order chi connectivity index (χ1) is 8.09. The van der Waals surface area contributed by atoms with Crippen LogP contribution in [0.5, 0.6) is 0 Å². The van der Waals surface area contributed by atoms with Crippen LogP contribution in [0.25, 0.3) is 0 Å². The van der Waals surface area contributed by atoms with Crippen molar-refractivity contribution >= 4 is 0 Å². The van der Waals surface area contributed by atoms with E-state index < -0.39 is 11.6 Å². The van der Waals surface area contributed by atoms with Crippen LogP contribution >= 0.6 is 0 Å². The molecule has 0 aliphatic heterocycles. The maximum atomic E-state index is 13.6. The first kappa shape index (κ1) is 12.5. The average Bonchev–Trinajstić information content (AvgIpc) is 3.12. The van der Waals surface area contributed by atoms with Gasteiger partial charge in [-0.1, -0.05) is 26.0 Å². The molecule has 0 bridgehead atoms. The molecule has 0 aromatic heterocycles. The first-order valence-corrected chi connectivity index (χ1v) is 6.27. The van der Waals surface area contributed by atoms with Crippen LogP contribution in [-0.2, 0) is 0 Å². The topological polar surface area (TPSA) is 12.0 Å². The summed E-state index contributed by atoms with van der Waals surface area (Å²) in [6, 6.07) is 5.07. The zero-order valence-electron chi connectivity index (χ0n) is 10.3. The van der Waals surface area contributed by atoms with Crippen molar-refractivity contribution in [2.45, 2.75) is 38.6 Å². The Hall–Kier alpha value is -0.960. The minimum absolute atomic E-state index is 0.0250. The molecule has 94 valence electrons. The Labute approximate surface area is 101 Å². The van der Waals surface area contributed by atoms with Crippen LogP contribution in [0, 0.1) is 17.6 Å². The van der Waals surface area contributed by atoms with Gasteiger partial charge in [0, 0.05) is 6.04 Å². The smallest absolute Gasteiger partial charge is 0.162 e. The lowest BCUT2D eigenvalue weighted by atomic mass is 9.88. The Kier molecular flexibility index (Phi) is 3.77. The van der Waals surface area contributed by atoms with E-state index in [2.05, 4.69) is 12.2 Å². The van der Waals surface area contributed by atoms with Crippen molar-refractivity contribution in [3.05, 3.63) is 35.4 Å². The number of hydrogen-bond acceptors (Lipinski definition) is 1. The zero-order chi connectivity index (χ0) is 12.4. The standard InChI is InChI=1S/C14H19F2N/c1-9(8-17-11-6-7-11)10(2)12-4-3-5-13(15)14(12)16/h3-5,9-11,17H,6-8H2,1-2H3. The van der Waals surface area contributed by atoms with Gasteiger partial charge in [0.2, 0.25) is 0 Å². The van der Waals surface area contributed by atoms with Crippen LogP contribution in [0.2, 0.25) is 0 Å². The van der Waals surface area contributed by atoms with E-state index in [4.69, 9.17) is 0 Å². The lowest BCUT2D eigenvalue weighted by Gasteiger charge is -2.21. The summed E-state index contributed by atoms with van der Waals surface area (Å²) in [5, 5.41) is 3.42. The molecule has 1 aliphatic rings. The third-order valence-corrected chi connectivity index (χ3v) is 3.63. The summed E-state index contributed by atoms with van der Waals surface area (Å²) in [6.07, 6.45) is 2.49. The molecule has 1 N–H and O–H groups in total. The molecular formula is C14H19F2N. The first-order valence-electron chi connectivity index (χ1n) is 6.27. The predicted molar refractivity (Wildman–Crippen MR) is 65.0 cm³/mol. The normalized spacial score (nSPS) is 19.1. The number of rotatable bonds is 5. The molecule has 0 spiro atoms. The summed E-state index contributed by atoms with van der Waals surface area (Å²) in [5.41, 5.74) is 0.482. The van der Waals surface area contributed by atoms with Crippen LogP contribution in [-0.4, -0.2) is 12.6 Å². The highest BCUT2D eigenvalue weighted by atomic mass is 19.2. The van der Waals surface area contributed by atoms with Crippen molar-refractivity contribution in [2.75, 3.05) is 6.54 Å². The molecule has 2 atom stereocenters. The molecule has 17 heavy (non-hydrogen) atoms. The fraction of sp³-hybridized carbons (Fsp3) is 0.571. The molecule has 0 saturated heterocycles. The van der Waals surface area contributed by atoms with E-state index in [-0.39, 0.29) is 5.92 Å². The minimum atomic E-state index is -0.753. The van der Waals surface area contributed by atoms with Crippen LogP contribution in [0.3, 0.4) is 0 Å². The van der Waals surface area contributed by atoms with Crippen LogP contribution in [0.4, 0.5) is 8.78 Å². The molecule has 1 aromatic carbocycles. The van der Waals surface area contributed by atoms with Gasteiger partial charge in [0.15, 0.2) is 11.6 Å². The fourth-order valence-electron chi connectivity index (χ4n) is 2.00. The predicted octanol–water partition coefficient (Wildman–Crippen LogP) is 3.46. The van der Waals surface area contributed by atoms with Crippen molar-refractivity contribution in [3.63, 3.8) is 0 Å². The van der Waals surface area contributed by atoms with Crippen molar-refractivity contribution in [1.82, 2.24) is 5.32 Å². The average molecular weight is 239 g/mol. The highest BCUT2D eigenvalue weighted by Crippen LogP contribution is 2.28. The summed E-state index contributed by atoms with van der Waals surface area (Å²) < 4.78 is 26.8. The van der Waals surface area contributed by atoms with Gasteiger partial charge in [0.1, 0.15) is 0 Å². The molecule has 0 amide bonds. The van der Waals surface area contributed by atoms with Crippen LogP contribution in [0.15, 0.2) is 18.2 Å². The lowest BCUT2D eigenvalue weighted by Crippen LogP contribution is -2.26. The molecule has 2 rings (SSSR count). The quantitative estimate of drug-likeness (QED) is 0.829. The van der Waals surface area contributed by atoms with Gasteiger partial charge in [-0.2, -0.15) is 0 Å². The highest BCUT2D eigenvalue weighted by Gasteiger charge is 2.24. The van der Waals surface area contributed by atoms with E-state index in [1.807, 2.05) is 6.92 Å². The number of nitrogens with one attached hydrogen (secondary N) is 1. The van der Waals surface area contributed by atoms with Gasteiger partial charge in [0.05, 0.1) is 0 Å². The van der Waals surface area contributed by atoms with E-state index in [9.17, 15) is 8.78 Å². The summed E-state index contributed by atoms with van der Waals surface area (Å²) in [5.74, 6) is -1.13. The van der Waals surface area contributed by atoms with Crippen molar-refractivity contribution < 1.29 is 8.78 Å². The third-order valence-electron chi connectivity index (χ3n) is 3.63. The SMILES string of the molecule is CC(CNC1CC1)C(C)c1cccc(F)c1F. The van der Waals surface area contributed by atoms with Gasteiger partial charge in [-0.25, -0.2) is 8.78 Å². The minimum Gasteiger partial charge on any atom is -0.314 e. The van der Waals surface area contributed by atoms with Gasteiger partial charge < -0.3 is 5.32 Å². The monoisotopic (exact) mass is 239 g/mol. The fourth-order valence-corrected chi connectivity index (χ4v) is 2.00. The molecule has 0 radical (unpaired) electrons. The maximum Gasteiger partial charge on any atom is 0.162 e.